The molecule has 0 aromatic heterocycles. The quantitative estimate of drug-likeness (QED) is 0.122. The molecule has 0 bridgehead atoms. The van der Waals surface area contributed by atoms with Crippen LogP contribution >= 0.6 is 0 Å². The van der Waals surface area contributed by atoms with Crippen molar-refractivity contribution in [2.75, 3.05) is 0 Å². The molecule has 4 rings (SSSR count). The maximum absolute atomic E-state index is 3.45. The van der Waals surface area contributed by atoms with Crippen LogP contribution in [0.25, 0.3) is 0 Å². The van der Waals surface area contributed by atoms with Crippen molar-refractivity contribution >= 4 is 0 Å². The van der Waals surface area contributed by atoms with E-state index in [1.165, 1.54) is 11.1 Å². The second-order valence-corrected chi connectivity index (χ2v) is 7.83. The van der Waals surface area contributed by atoms with Crippen molar-refractivity contribution < 1.29 is 98.1 Å². The maximum atomic E-state index is 3.45. The molecule has 0 aliphatic heterocycles. The summed E-state index contributed by atoms with van der Waals surface area (Å²) >= 11 is 0. The van der Waals surface area contributed by atoms with Gasteiger partial charge < -0.3 is 22.3 Å². The fraction of sp³-hybridized carbons (Fsp3) is 0.159. The van der Waals surface area contributed by atoms with E-state index in [9.17, 15) is 0 Å². The summed E-state index contributed by atoms with van der Waals surface area (Å²) in [5.41, 5.74) is 7.62. The van der Waals surface area contributed by atoms with Crippen LogP contribution in [0.1, 0.15) is 75.6 Å². The van der Waals surface area contributed by atoms with Crippen LogP contribution in [0.5, 0.6) is 0 Å². The van der Waals surface area contributed by atoms with Crippen molar-refractivity contribution in [1.29, 1.82) is 0 Å². The summed E-state index contributed by atoms with van der Waals surface area (Å²) in [5.74, 6) is 23.0. The average molecular weight is 850 g/mol. The molecule has 0 amide bonds. The van der Waals surface area contributed by atoms with Crippen molar-refractivity contribution in [1.82, 2.24) is 0 Å². The zero-order chi connectivity index (χ0) is 26.7. The van der Waals surface area contributed by atoms with Crippen LogP contribution in [0.2, 0.25) is 0 Å². The third-order valence-electron chi connectivity index (χ3n) is 4.79. The van der Waals surface area contributed by atoms with Crippen LogP contribution in [0.4, 0.5) is 0 Å². The van der Waals surface area contributed by atoms with E-state index in [1.54, 1.807) is 0 Å². The molecular weight excluding hydrogens is 795 g/mol. The van der Waals surface area contributed by atoms with Gasteiger partial charge in [0.05, 0.1) is 0 Å². The van der Waals surface area contributed by atoms with Gasteiger partial charge in [0.25, 0.3) is 0 Å². The van der Waals surface area contributed by atoms with Crippen molar-refractivity contribution in [3.8, 4) is 47.4 Å². The van der Waals surface area contributed by atoms with Crippen LogP contribution in [-0.4, -0.2) is 0 Å². The maximum Gasteiger partial charge on any atom is 0.0248 e. The zero-order valence-electron chi connectivity index (χ0n) is 26.4. The molecule has 0 nitrogen and oxygen atoms in total. The standard InChI is InChI=1S/C15H11.C12H9.C10H9.4CH4.3CH3.3Y/c1-13-7-9-15(10-8-13)12-11-14-5-3-2-4-6-14;1-3-5-11-7-9-12(6-4-2)10-8-11;1-3-4-10-7-5-9(2)6-8-10;;;;;;;;;;/h3-10H,1H3;7-10H,1H2,2H3;5-8H,1H2,2H3;4*1H4;3*1H3;;;/q3*-1;;;;;3*-1;;;. The van der Waals surface area contributed by atoms with Crippen molar-refractivity contribution in [2.24, 2.45) is 0 Å². The number of hydrogen-bond acceptors (Lipinski definition) is 0. The second kappa shape index (κ2) is 42.2. The molecule has 0 aliphatic carbocycles. The fourth-order valence-corrected chi connectivity index (χ4v) is 2.87. The van der Waals surface area contributed by atoms with Crippen LogP contribution < -0.4 is 0 Å². The van der Waals surface area contributed by atoms with E-state index in [1.807, 2.05) is 91.9 Å². The van der Waals surface area contributed by atoms with E-state index < -0.39 is 0 Å². The van der Waals surface area contributed by atoms with E-state index >= 15 is 0 Å². The van der Waals surface area contributed by atoms with Crippen LogP contribution in [-0.2, 0) is 98.1 Å². The van der Waals surface area contributed by atoms with Crippen LogP contribution in [0, 0.1) is 103 Å². The Balaban J connectivity index is -0.0000000604. The minimum absolute atomic E-state index is 0. The minimum Gasteiger partial charge on any atom is -0.358 e. The number of aryl methyl sites for hydroxylation is 2. The number of rotatable bonds is 0. The van der Waals surface area contributed by atoms with Gasteiger partial charge in [-0.25, -0.2) is 0 Å². The predicted molar refractivity (Wildman–Crippen MR) is 203 cm³/mol. The summed E-state index contributed by atoms with van der Waals surface area (Å²) in [7, 11) is 0. The Morgan fingerprint density at radius 3 is 0.979 bits per heavy atom. The molecule has 245 valence electrons. The van der Waals surface area contributed by atoms with Gasteiger partial charge in [-0.1, -0.05) is 124 Å². The second-order valence-electron chi connectivity index (χ2n) is 7.83. The molecule has 0 saturated heterocycles. The molecule has 0 N–H and O–H groups in total. The van der Waals surface area contributed by atoms with Crippen LogP contribution in [0.15, 0.2) is 97.1 Å². The van der Waals surface area contributed by atoms with E-state index in [2.05, 4.69) is 93.3 Å². The van der Waals surface area contributed by atoms with Gasteiger partial charge >= 0.3 is 0 Å². The Labute approximate surface area is 369 Å². The topological polar surface area (TPSA) is 0 Å². The van der Waals surface area contributed by atoms with E-state index in [-0.39, 0.29) is 150 Å². The smallest absolute Gasteiger partial charge is 0.0248 e. The first-order chi connectivity index (χ1) is 18.0. The molecule has 0 aliphatic rings. The molecule has 0 saturated carbocycles. The van der Waals surface area contributed by atoms with Gasteiger partial charge in [-0.2, -0.15) is 44.2 Å². The molecule has 3 radical (unpaired) electrons. The first-order valence-corrected chi connectivity index (χ1v) is 11.7. The monoisotopic (exact) mass is 849 g/mol. The van der Waals surface area contributed by atoms with Crippen molar-refractivity contribution in [3.05, 3.63) is 178 Å². The molecule has 0 heterocycles. The molecule has 4 aromatic carbocycles. The predicted octanol–water partition coefficient (Wildman–Crippen LogP) is 11.5. The summed E-state index contributed by atoms with van der Waals surface area (Å²) in [4.78, 5) is 0. The summed E-state index contributed by atoms with van der Waals surface area (Å²) in [6, 6.07) is 34.7. The molecular formula is C44H54Y3-6. The Bertz CT molecular complexity index is 1450. The van der Waals surface area contributed by atoms with Gasteiger partial charge in [-0.3, -0.25) is 23.7 Å². The summed E-state index contributed by atoms with van der Waals surface area (Å²) in [5, 5.41) is 0. The van der Waals surface area contributed by atoms with Crippen LogP contribution in [0.3, 0.4) is 0 Å². The Morgan fingerprint density at radius 1 is 0.426 bits per heavy atom. The summed E-state index contributed by atoms with van der Waals surface area (Å²) in [6.07, 6.45) is 0. The molecule has 47 heavy (non-hydrogen) atoms. The zero-order valence-corrected chi connectivity index (χ0v) is 34.9. The molecule has 0 unspecified atom stereocenters. The van der Waals surface area contributed by atoms with E-state index in [0.717, 1.165) is 27.8 Å². The van der Waals surface area contributed by atoms with E-state index in [4.69, 9.17) is 0 Å². The van der Waals surface area contributed by atoms with Gasteiger partial charge in [-0.05, 0) is 45.0 Å². The van der Waals surface area contributed by atoms with Gasteiger partial charge in [0.15, 0.2) is 0 Å². The number of benzene rings is 4. The first kappa shape index (κ1) is 67.4. The van der Waals surface area contributed by atoms with Gasteiger partial charge in [0.2, 0.25) is 0 Å². The Morgan fingerprint density at radius 2 is 0.681 bits per heavy atom. The SMILES string of the molecule is C.C.C.C.Cc1ccc(C#Cc2cc[c-]cc2)cc1.[CH2-]C#Cc1ccc(C#CC)cc1.[CH2-]C#Cc1ccc(C)cc1.[CH3-].[CH3-].[CH3-].[Y].[Y].[Y]. The van der Waals surface area contributed by atoms with Gasteiger partial charge in [0, 0.05) is 109 Å². The van der Waals surface area contributed by atoms with E-state index in [0.29, 0.717) is 0 Å². The van der Waals surface area contributed by atoms with Gasteiger partial charge in [-0.15, -0.1) is 5.92 Å². The molecule has 0 atom stereocenters. The summed E-state index contributed by atoms with van der Waals surface area (Å²) in [6.45, 7) is 12.8. The number of hydrogen-bond donors (Lipinski definition) is 0. The Kier molecular flexibility index (Phi) is 60.5. The third kappa shape index (κ3) is 31.2. The summed E-state index contributed by atoms with van der Waals surface area (Å²) < 4.78 is 0. The minimum atomic E-state index is 0. The third-order valence-corrected chi connectivity index (χ3v) is 4.79. The molecule has 0 spiro atoms. The average Bonchev–Trinajstić information content (AvgIpc) is 2.93. The molecule has 0 fully saturated rings. The van der Waals surface area contributed by atoms with Crippen molar-refractivity contribution in [3.63, 3.8) is 0 Å². The first-order valence-electron chi connectivity index (χ1n) is 11.7. The fourth-order valence-electron chi connectivity index (χ4n) is 2.87. The Hall–Kier alpha value is -1.83. The van der Waals surface area contributed by atoms with Gasteiger partial charge in [0.1, 0.15) is 0 Å². The molecule has 4 aromatic rings. The van der Waals surface area contributed by atoms with Crippen molar-refractivity contribution in [2.45, 2.75) is 50.5 Å². The largest absolute Gasteiger partial charge is 0.358 e. The normalized spacial score (nSPS) is 6.53. The molecule has 3 heteroatoms.